The van der Waals surface area contributed by atoms with Gasteiger partial charge in [-0.15, -0.1) is 11.3 Å². The van der Waals surface area contributed by atoms with Crippen LogP contribution in [0.4, 0.5) is 0 Å². The minimum atomic E-state index is 0.0779. The lowest BCUT2D eigenvalue weighted by molar-refractivity contribution is -0.121. The Balaban J connectivity index is 1.35. The Morgan fingerprint density at radius 1 is 1.30 bits per heavy atom. The third-order valence-corrected chi connectivity index (χ3v) is 5.53. The van der Waals surface area contributed by atoms with Crippen LogP contribution in [0.5, 0.6) is 0 Å². The van der Waals surface area contributed by atoms with Crippen LogP contribution in [0.1, 0.15) is 31.4 Å². The molecular weight excluding hydrogens is 308 g/mol. The molecule has 2 atom stereocenters. The van der Waals surface area contributed by atoms with Crippen molar-refractivity contribution in [1.29, 1.82) is 0 Å². The fourth-order valence-corrected chi connectivity index (χ4v) is 4.41. The Labute approximate surface area is 139 Å². The first-order chi connectivity index (χ1) is 11.3. The molecule has 2 N–H and O–H groups in total. The monoisotopic (exact) mass is 328 g/mol. The van der Waals surface area contributed by atoms with Crippen LogP contribution < -0.4 is 10.6 Å². The van der Waals surface area contributed by atoms with Crippen molar-refractivity contribution in [2.75, 3.05) is 0 Å². The van der Waals surface area contributed by atoms with E-state index in [1.54, 1.807) is 6.20 Å². The number of thiazole rings is 1. The predicted octanol–water partition coefficient (Wildman–Crippen LogP) is 2.15. The maximum Gasteiger partial charge on any atom is 0.226 e. The molecule has 23 heavy (non-hydrogen) atoms. The van der Waals surface area contributed by atoms with E-state index in [9.17, 15) is 4.79 Å². The zero-order valence-corrected chi connectivity index (χ0v) is 13.7. The molecule has 2 aromatic rings. The molecule has 0 radical (unpaired) electrons. The summed E-state index contributed by atoms with van der Waals surface area (Å²) in [5.74, 6) is 0.0779. The summed E-state index contributed by atoms with van der Waals surface area (Å²) >= 11 is 1.54. The standard InChI is InChI=1S/C17H20N4OS/c22-16(20-13-7-11-4-5-12(8-13)19-11)9-14-10-23-17(21-14)15-3-1-2-6-18-15/h1-3,6,10-13,19H,4-5,7-9H2,(H,20,22). The molecule has 2 bridgehead atoms. The molecule has 2 saturated heterocycles. The van der Waals surface area contributed by atoms with Gasteiger partial charge in [0.15, 0.2) is 0 Å². The number of piperidine rings is 1. The zero-order chi connectivity index (χ0) is 15.6. The van der Waals surface area contributed by atoms with E-state index in [0.29, 0.717) is 24.5 Å². The molecule has 2 aliphatic heterocycles. The van der Waals surface area contributed by atoms with Crippen LogP contribution in [0.25, 0.3) is 10.7 Å². The maximum absolute atomic E-state index is 12.3. The smallest absolute Gasteiger partial charge is 0.226 e. The lowest BCUT2D eigenvalue weighted by atomic mass is 9.99. The number of hydrogen-bond acceptors (Lipinski definition) is 5. The SMILES string of the molecule is O=C(Cc1csc(-c2ccccn2)n1)NC1CC2CCC(C1)N2. The summed E-state index contributed by atoms with van der Waals surface area (Å²) in [6.45, 7) is 0. The van der Waals surface area contributed by atoms with Crippen LogP contribution in [0, 0.1) is 0 Å². The van der Waals surface area contributed by atoms with Crippen molar-refractivity contribution in [2.45, 2.75) is 50.2 Å². The third kappa shape index (κ3) is 3.43. The quantitative estimate of drug-likeness (QED) is 0.902. The van der Waals surface area contributed by atoms with E-state index >= 15 is 0 Å². The van der Waals surface area contributed by atoms with E-state index < -0.39 is 0 Å². The largest absolute Gasteiger partial charge is 0.353 e. The first-order valence-corrected chi connectivity index (χ1v) is 9.05. The van der Waals surface area contributed by atoms with Gasteiger partial charge in [0.05, 0.1) is 17.8 Å². The molecule has 0 aromatic carbocycles. The molecule has 5 nitrogen and oxygen atoms in total. The molecule has 4 heterocycles. The minimum absolute atomic E-state index is 0.0779. The van der Waals surface area contributed by atoms with Gasteiger partial charge in [-0.1, -0.05) is 6.07 Å². The fraction of sp³-hybridized carbons (Fsp3) is 0.471. The summed E-state index contributed by atoms with van der Waals surface area (Å²) in [6, 6.07) is 7.27. The Morgan fingerprint density at radius 3 is 2.87 bits per heavy atom. The third-order valence-electron chi connectivity index (χ3n) is 4.62. The molecule has 120 valence electrons. The van der Waals surface area contributed by atoms with E-state index in [1.807, 2.05) is 23.6 Å². The van der Waals surface area contributed by atoms with Gasteiger partial charge in [-0.3, -0.25) is 9.78 Å². The molecule has 0 saturated carbocycles. The number of amides is 1. The highest BCUT2D eigenvalue weighted by Gasteiger charge is 2.33. The van der Waals surface area contributed by atoms with Crippen molar-refractivity contribution >= 4 is 17.2 Å². The first kappa shape index (κ1) is 14.8. The van der Waals surface area contributed by atoms with Crippen LogP contribution in [0.2, 0.25) is 0 Å². The molecule has 2 aromatic heterocycles. The number of aromatic nitrogens is 2. The number of hydrogen-bond donors (Lipinski definition) is 2. The highest BCUT2D eigenvalue weighted by molar-refractivity contribution is 7.13. The Morgan fingerprint density at radius 2 is 2.13 bits per heavy atom. The summed E-state index contributed by atoms with van der Waals surface area (Å²) in [4.78, 5) is 21.1. The second-order valence-corrected chi connectivity index (χ2v) is 7.27. The van der Waals surface area contributed by atoms with E-state index in [4.69, 9.17) is 0 Å². The van der Waals surface area contributed by atoms with E-state index in [2.05, 4.69) is 20.6 Å². The second kappa shape index (κ2) is 6.37. The number of rotatable bonds is 4. The van der Waals surface area contributed by atoms with Crippen LogP contribution >= 0.6 is 11.3 Å². The summed E-state index contributed by atoms with van der Waals surface area (Å²) < 4.78 is 0. The second-order valence-electron chi connectivity index (χ2n) is 6.41. The number of pyridine rings is 1. The van der Waals surface area contributed by atoms with Crippen LogP contribution in [0.3, 0.4) is 0 Å². The summed E-state index contributed by atoms with van der Waals surface area (Å²) in [7, 11) is 0. The molecular formula is C17H20N4OS. The Bertz CT molecular complexity index is 675. The summed E-state index contributed by atoms with van der Waals surface area (Å²) in [6.07, 6.45) is 6.71. The van der Waals surface area contributed by atoms with E-state index in [1.165, 1.54) is 24.2 Å². The lowest BCUT2D eigenvalue weighted by Gasteiger charge is -2.29. The summed E-state index contributed by atoms with van der Waals surface area (Å²) in [5.41, 5.74) is 1.68. The molecule has 2 fully saturated rings. The van der Waals surface area contributed by atoms with Gasteiger partial charge in [0.2, 0.25) is 5.91 Å². The Hall–Kier alpha value is -1.79. The van der Waals surface area contributed by atoms with Crippen molar-refractivity contribution in [1.82, 2.24) is 20.6 Å². The molecule has 6 heteroatoms. The number of nitrogens with zero attached hydrogens (tertiary/aromatic N) is 2. The molecule has 2 aliphatic rings. The number of carbonyl (C=O) groups excluding carboxylic acids is 1. The van der Waals surface area contributed by atoms with Gasteiger partial charge in [-0.2, -0.15) is 0 Å². The summed E-state index contributed by atoms with van der Waals surface area (Å²) in [5, 5.41) is 9.61. The minimum Gasteiger partial charge on any atom is -0.353 e. The molecule has 0 aliphatic carbocycles. The van der Waals surface area contributed by atoms with Gasteiger partial charge >= 0.3 is 0 Å². The van der Waals surface area contributed by atoms with Crippen LogP contribution in [-0.4, -0.2) is 34.0 Å². The van der Waals surface area contributed by atoms with Crippen molar-refractivity contribution < 1.29 is 4.79 Å². The van der Waals surface area contributed by atoms with Crippen molar-refractivity contribution in [2.24, 2.45) is 0 Å². The van der Waals surface area contributed by atoms with Gasteiger partial charge in [-0.05, 0) is 37.8 Å². The van der Waals surface area contributed by atoms with Gasteiger partial charge in [-0.25, -0.2) is 4.98 Å². The van der Waals surface area contributed by atoms with Gasteiger partial charge in [0.25, 0.3) is 0 Å². The number of carbonyl (C=O) groups is 1. The van der Waals surface area contributed by atoms with Gasteiger partial charge in [0.1, 0.15) is 5.01 Å². The first-order valence-electron chi connectivity index (χ1n) is 8.17. The van der Waals surface area contributed by atoms with Crippen molar-refractivity contribution in [3.8, 4) is 10.7 Å². The normalized spacial score (nSPS) is 26.2. The highest BCUT2D eigenvalue weighted by atomic mass is 32.1. The average molecular weight is 328 g/mol. The highest BCUT2D eigenvalue weighted by Crippen LogP contribution is 2.27. The molecule has 2 unspecified atom stereocenters. The van der Waals surface area contributed by atoms with Crippen LogP contribution in [-0.2, 0) is 11.2 Å². The molecule has 4 rings (SSSR count). The molecule has 1 amide bonds. The van der Waals surface area contributed by atoms with Gasteiger partial charge in [0, 0.05) is 29.7 Å². The number of nitrogens with one attached hydrogen (secondary N) is 2. The predicted molar refractivity (Wildman–Crippen MR) is 90.2 cm³/mol. The lowest BCUT2D eigenvalue weighted by Crippen LogP contribution is -2.48. The van der Waals surface area contributed by atoms with Gasteiger partial charge < -0.3 is 10.6 Å². The van der Waals surface area contributed by atoms with E-state index in [0.717, 1.165) is 29.2 Å². The molecule has 0 spiro atoms. The topological polar surface area (TPSA) is 66.9 Å². The van der Waals surface area contributed by atoms with Crippen LogP contribution in [0.15, 0.2) is 29.8 Å². The fourth-order valence-electron chi connectivity index (χ4n) is 3.61. The maximum atomic E-state index is 12.3. The number of fused-ring (bicyclic) bond motifs is 2. The average Bonchev–Trinajstić information content (AvgIpc) is 3.15. The zero-order valence-electron chi connectivity index (χ0n) is 12.9. The van der Waals surface area contributed by atoms with Crippen molar-refractivity contribution in [3.63, 3.8) is 0 Å². The van der Waals surface area contributed by atoms with Crippen molar-refractivity contribution in [3.05, 3.63) is 35.5 Å². The Kier molecular flexibility index (Phi) is 4.10. The van der Waals surface area contributed by atoms with E-state index in [-0.39, 0.29) is 5.91 Å².